The van der Waals surface area contributed by atoms with E-state index in [-0.39, 0.29) is 12.3 Å². The normalized spacial score (nSPS) is 9.95. The van der Waals surface area contributed by atoms with Crippen LogP contribution in [0.4, 0.5) is 5.69 Å². The van der Waals surface area contributed by atoms with Gasteiger partial charge in [0.2, 0.25) is 0 Å². The van der Waals surface area contributed by atoms with Gasteiger partial charge in [0.15, 0.2) is 0 Å². The first kappa shape index (κ1) is 13.3. The van der Waals surface area contributed by atoms with Crippen LogP contribution >= 0.6 is 11.6 Å². The van der Waals surface area contributed by atoms with Crippen LogP contribution in [0.15, 0.2) is 48.5 Å². The lowest BCUT2D eigenvalue weighted by molar-refractivity contribution is -0.107. The topological polar surface area (TPSA) is 46.2 Å². The zero-order valence-electron chi connectivity index (χ0n) is 10.1. The van der Waals surface area contributed by atoms with Gasteiger partial charge >= 0.3 is 0 Å². The molecule has 2 rings (SSSR count). The van der Waals surface area contributed by atoms with Crippen LogP contribution in [-0.2, 0) is 11.2 Å². The Morgan fingerprint density at radius 1 is 1.11 bits per heavy atom. The highest BCUT2D eigenvalue weighted by molar-refractivity contribution is 6.34. The third-order valence-electron chi connectivity index (χ3n) is 2.66. The SMILES string of the molecule is O=CCc1cccc(Cl)c1C(=O)Nc1ccccc1. The van der Waals surface area contributed by atoms with E-state index in [1.165, 1.54) is 0 Å². The lowest BCUT2D eigenvalue weighted by Crippen LogP contribution is -2.15. The number of hydrogen-bond acceptors (Lipinski definition) is 2. The Kier molecular flexibility index (Phi) is 4.31. The molecule has 4 heteroatoms. The molecule has 2 aromatic carbocycles. The molecule has 0 aliphatic heterocycles. The number of anilines is 1. The molecule has 96 valence electrons. The second kappa shape index (κ2) is 6.16. The van der Waals surface area contributed by atoms with Crippen LogP contribution in [0.5, 0.6) is 0 Å². The molecule has 1 amide bonds. The summed E-state index contributed by atoms with van der Waals surface area (Å²) in [6, 6.07) is 14.2. The molecule has 0 fully saturated rings. The van der Waals surface area contributed by atoms with Gasteiger partial charge in [-0.2, -0.15) is 0 Å². The molecule has 0 unspecified atom stereocenters. The summed E-state index contributed by atoms with van der Waals surface area (Å²) in [5.41, 5.74) is 1.65. The standard InChI is InChI=1S/C15H12ClNO2/c16-13-8-4-5-11(9-10-18)14(13)15(19)17-12-6-2-1-3-7-12/h1-8,10H,9H2,(H,17,19). The molecule has 0 heterocycles. The molecule has 19 heavy (non-hydrogen) atoms. The van der Waals surface area contributed by atoms with Crippen molar-refractivity contribution in [2.45, 2.75) is 6.42 Å². The molecule has 2 aromatic rings. The average Bonchev–Trinajstić information content (AvgIpc) is 2.40. The third-order valence-corrected chi connectivity index (χ3v) is 2.98. The average molecular weight is 274 g/mol. The second-order valence-corrected chi connectivity index (χ2v) is 4.37. The van der Waals surface area contributed by atoms with Crippen molar-refractivity contribution in [3.63, 3.8) is 0 Å². The van der Waals surface area contributed by atoms with Crippen LogP contribution in [0.25, 0.3) is 0 Å². The molecular weight excluding hydrogens is 262 g/mol. The summed E-state index contributed by atoms with van der Waals surface area (Å²) in [6.45, 7) is 0. The lowest BCUT2D eigenvalue weighted by atomic mass is 10.0. The van der Waals surface area contributed by atoms with E-state index >= 15 is 0 Å². The van der Waals surface area contributed by atoms with E-state index in [1.54, 1.807) is 30.3 Å². The summed E-state index contributed by atoms with van der Waals surface area (Å²) in [4.78, 5) is 22.9. The van der Waals surface area contributed by atoms with E-state index in [2.05, 4.69) is 5.32 Å². The van der Waals surface area contributed by atoms with Crippen molar-refractivity contribution < 1.29 is 9.59 Å². The first-order chi connectivity index (χ1) is 9.22. The number of amides is 1. The van der Waals surface area contributed by atoms with Gasteiger partial charge in [0.1, 0.15) is 6.29 Å². The van der Waals surface area contributed by atoms with Crippen molar-refractivity contribution >= 4 is 29.5 Å². The van der Waals surface area contributed by atoms with Gasteiger partial charge in [-0.15, -0.1) is 0 Å². The minimum atomic E-state index is -0.311. The fourth-order valence-electron chi connectivity index (χ4n) is 1.80. The highest BCUT2D eigenvalue weighted by Crippen LogP contribution is 2.21. The van der Waals surface area contributed by atoms with Crippen LogP contribution in [-0.4, -0.2) is 12.2 Å². The molecule has 0 bridgehead atoms. The van der Waals surface area contributed by atoms with Crippen LogP contribution in [0.3, 0.4) is 0 Å². The monoisotopic (exact) mass is 273 g/mol. The summed E-state index contributed by atoms with van der Waals surface area (Å²) in [7, 11) is 0. The number of nitrogens with one attached hydrogen (secondary N) is 1. The quantitative estimate of drug-likeness (QED) is 0.869. The van der Waals surface area contributed by atoms with Gasteiger partial charge < -0.3 is 10.1 Å². The Morgan fingerprint density at radius 3 is 2.53 bits per heavy atom. The predicted molar refractivity (Wildman–Crippen MR) is 75.6 cm³/mol. The van der Waals surface area contributed by atoms with Gasteiger partial charge in [-0.3, -0.25) is 4.79 Å². The Labute approximate surface area is 116 Å². The number of hydrogen-bond donors (Lipinski definition) is 1. The van der Waals surface area contributed by atoms with Crippen LogP contribution in [0, 0.1) is 0 Å². The molecular formula is C15H12ClNO2. The maximum Gasteiger partial charge on any atom is 0.257 e. The van der Waals surface area contributed by atoms with Crippen molar-refractivity contribution in [2.24, 2.45) is 0 Å². The summed E-state index contributed by atoms with van der Waals surface area (Å²) < 4.78 is 0. The van der Waals surface area contributed by atoms with Crippen LogP contribution < -0.4 is 5.32 Å². The summed E-state index contributed by atoms with van der Waals surface area (Å²) in [5, 5.41) is 3.10. The molecule has 0 saturated heterocycles. The zero-order valence-corrected chi connectivity index (χ0v) is 10.9. The fraction of sp³-hybridized carbons (Fsp3) is 0.0667. The molecule has 0 aliphatic carbocycles. The van der Waals surface area contributed by atoms with Gasteiger partial charge in [0.05, 0.1) is 10.6 Å². The molecule has 0 spiro atoms. The lowest BCUT2D eigenvalue weighted by Gasteiger charge is -2.10. The van der Waals surface area contributed by atoms with Gasteiger partial charge in [-0.1, -0.05) is 41.9 Å². The molecule has 0 saturated carbocycles. The van der Waals surface area contributed by atoms with Crippen molar-refractivity contribution in [3.8, 4) is 0 Å². The maximum atomic E-state index is 12.2. The molecule has 3 nitrogen and oxygen atoms in total. The molecule has 0 aromatic heterocycles. The Hall–Kier alpha value is -2.13. The van der Waals surface area contributed by atoms with E-state index in [0.29, 0.717) is 21.8 Å². The number of benzene rings is 2. The minimum Gasteiger partial charge on any atom is -0.322 e. The molecule has 0 aliphatic rings. The Bertz CT molecular complexity index is 596. The third kappa shape index (κ3) is 3.20. The predicted octanol–water partition coefficient (Wildman–Crippen LogP) is 3.33. The number of rotatable bonds is 4. The number of carbonyl (C=O) groups excluding carboxylic acids is 2. The van der Waals surface area contributed by atoms with Crippen molar-refractivity contribution in [1.29, 1.82) is 0 Å². The van der Waals surface area contributed by atoms with Crippen molar-refractivity contribution in [1.82, 2.24) is 0 Å². The first-order valence-corrected chi connectivity index (χ1v) is 6.17. The first-order valence-electron chi connectivity index (χ1n) is 5.80. The molecule has 1 N–H and O–H groups in total. The van der Waals surface area contributed by atoms with Crippen LogP contribution in [0.1, 0.15) is 15.9 Å². The minimum absolute atomic E-state index is 0.165. The van der Waals surface area contributed by atoms with E-state index in [0.717, 1.165) is 6.29 Å². The summed E-state index contributed by atoms with van der Waals surface area (Å²) in [6.07, 6.45) is 0.920. The molecule has 0 radical (unpaired) electrons. The number of aldehydes is 1. The largest absolute Gasteiger partial charge is 0.322 e. The number of para-hydroxylation sites is 1. The van der Waals surface area contributed by atoms with Crippen molar-refractivity contribution in [3.05, 3.63) is 64.7 Å². The summed E-state index contributed by atoms with van der Waals surface area (Å²) in [5.74, 6) is -0.311. The second-order valence-electron chi connectivity index (χ2n) is 3.96. The van der Waals surface area contributed by atoms with E-state index in [1.807, 2.05) is 18.2 Å². The number of halogens is 1. The van der Waals surface area contributed by atoms with Gasteiger partial charge in [-0.05, 0) is 23.8 Å². The van der Waals surface area contributed by atoms with Gasteiger partial charge in [-0.25, -0.2) is 0 Å². The highest BCUT2D eigenvalue weighted by Gasteiger charge is 2.15. The van der Waals surface area contributed by atoms with E-state index in [9.17, 15) is 9.59 Å². The highest BCUT2D eigenvalue weighted by atomic mass is 35.5. The Morgan fingerprint density at radius 2 is 1.84 bits per heavy atom. The fourth-order valence-corrected chi connectivity index (χ4v) is 2.08. The maximum absolute atomic E-state index is 12.2. The van der Waals surface area contributed by atoms with Gasteiger partial charge in [0, 0.05) is 12.1 Å². The van der Waals surface area contributed by atoms with Crippen LogP contribution in [0.2, 0.25) is 5.02 Å². The zero-order chi connectivity index (χ0) is 13.7. The summed E-state index contributed by atoms with van der Waals surface area (Å²) >= 11 is 6.05. The number of carbonyl (C=O) groups is 2. The van der Waals surface area contributed by atoms with E-state index in [4.69, 9.17) is 11.6 Å². The molecule has 0 atom stereocenters. The van der Waals surface area contributed by atoms with Gasteiger partial charge in [0.25, 0.3) is 5.91 Å². The van der Waals surface area contributed by atoms with E-state index < -0.39 is 0 Å². The Balaban J connectivity index is 2.30. The smallest absolute Gasteiger partial charge is 0.257 e. The van der Waals surface area contributed by atoms with Crippen molar-refractivity contribution in [2.75, 3.05) is 5.32 Å².